The number of halogens is 1. The van der Waals surface area contributed by atoms with Crippen molar-refractivity contribution in [2.24, 2.45) is 5.92 Å². The quantitative estimate of drug-likeness (QED) is 0.759. The van der Waals surface area contributed by atoms with Crippen LogP contribution in [0.2, 0.25) is 0 Å². The Balaban J connectivity index is 2.15. The summed E-state index contributed by atoms with van der Waals surface area (Å²) in [6, 6.07) is 5.67. The number of hydrogen-bond donors (Lipinski definition) is 1. The lowest BCUT2D eigenvalue weighted by Crippen LogP contribution is -2.36. The standard InChI is InChI=1S/C12H16FN/c1-8-6-7-11(8)14-12-9(2)4-3-5-10(12)13/h3-5,8,11,14H,6-7H2,1-2H3. The summed E-state index contributed by atoms with van der Waals surface area (Å²) >= 11 is 0. The monoisotopic (exact) mass is 193 g/mol. The molecule has 2 heteroatoms. The third-order valence-electron chi connectivity index (χ3n) is 3.17. The van der Waals surface area contributed by atoms with Crippen molar-refractivity contribution in [2.45, 2.75) is 32.7 Å². The van der Waals surface area contributed by atoms with E-state index in [1.165, 1.54) is 12.5 Å². The zero-order chi connectivity index (χ0) is 10.1. The molecule has 1 aliphatic carbocycles. The molecule has 0 heterocycles. The molecule has 76 valence electrons. The Morgan fingerprint density at radius 2 is 2.14 bits per heavy atom. The van der Waals surface area contributed by atoms with Gasteiger partial charge in [-0.2, -0.15) is 0 Å². The van der Waals surface area contributed by atoms with Gasteiger partial charge >= 0.3 is 0 Å². The minimum absolute atomic E-state index is 0.135. The van der Waals surface area contributed by atoms with Crippen LogP contribution in [0.4, 0.5) is 10.1 Å². The summed E-state index contributed by atoms with van der Waals surface area (Å²) in [4.78, 5) is 0. The van der Waals surface area contributed by atoms with Crippen molar-refractivity contribution in [3.05, 3.63) is 29.6 Å². The first kappa shape index (κ1) is 9.50. The molecule has 0 aromatic heterocycles. The molecule has 14 heavy (non-hydrogen) atoms. The van der Waals surface area contributed by atoms with Crippen LogP contribution in [0.3, 0.4) is 0 Å². The van der Waals surface area contributed by atoms with Crippen molar-refractivity contribution in [3.8, 4) is 0 Å². The molecule has 1 nitrogen and oxygen atoms in total. The molecule has 1 N–H and O–H groups in total. The minimum Gasteiger partial charge on any atom is -0.379 e. The maximum Gasteiger partial charge on any atom is 0.146 e. The van der Waals surface area contributed by atoms with Gasteiger partial charge in [-0.3, -0.25) is 0 Å². The van der Waals surface area contributed by atoms with E-state index in [0.717, 1.165) is 12.0 Å². The molecule has 2 unspecified atom stereocenters. The van der Waals surface area contributed by atoms with Gasteiger partial charge in [0.25, 0.3) is 0 Å². The predicted molar refractivity (Wildman–Crippen MR) is 56.9 cm³/mol. The molecular weight excluding hydrogens is 177 g/mol. The Morgan fingerprint density at radius 3 is 2.64 bits per heavy atom. The van der Waals surface area contributed by atoms with Crippen molar-refractivity contribution < 1.29 is 4.39 Å². The predicted octanol–water partition coefficient (Wildman–Crippen LogP) is 3.34. The summed E-state index contributed by atoms with van der Waals surface area (Å²) in [6.07, 6.45) is 2.42. The number of hydrogen-bond acceptors (Lipinski definition) is 1. The van der Waals surface area contributed by atoms with Gasteiger partial charge in [0.05, 0.1) is 5.69 Å². The SMILES string of the molecule is Cc1cccc(F)c1NC1CCC1C. The second-order valence-corrected chi connectivity index (χ2v) is 4.24. The molecular formula is C12H16FN. The lowest BCUT2D eigenvalue weighted by Gasteiger charge is -2.35. The average molecular weight is 193 g/mol. The number of nitrogens with one attached hydrogen (secondary N) is 1. The van der Waals surface area contributed by atoms with Crippen molar-refractivity contribution in [1.29, 1.82) is 0 Å². The lowest BCUT2D eigenvalue weighted by atomic mass is 9.81. The molecule has 0 bridgehead atoms. The lowest BCUT2D eigenvalue weighted by molar-refractivity contribution is 0.302. The molecule has 2 atom stereocenters. The fourth-order valence-corrected chi connectivity index (χ4v) is 1.88. The van der Waals surface area contributed by atoms with Gasteiger partial charge in [0.1, 0.15) is 5.82 Å². The summed E-state index contributed by atoms with van der Waals surface area (Å²) in [6.45, 7) is 4.14. The van der Waals surface area contributed by atoms with Gasteiger partial charge < -0.3 is 5.32 Å². The maximum absolute atomic E-state index is 13.4. The van der Waals surface area contributed by atoms with E-state index >= 15 is 0 Å². The highest BCUT2D eigenvalue weighted by Gasteiger charge is 2.27. The van der Waals surface area contributed by atoms with Gasteiger partial charge in [-0.25, -0.2) is 4.39 Å². The van der Waals surface area contributed by atoms with E-state index < -0.39 is 0 Å². The largest absolute Gasteiger partial charge is 0.379 e. The Bertz CT molecular complexity index is 315. The fourth-order valence-electron chi connectivity index (χ4n) is 1.88. The highest BCUT2D eigenvalue weighted by Crippen LogP contribution is 2.31. The van der Waals surface area contributed by atoms with Gasteiger partial charge in [-0.15, -0.1) is 0 Å². The normalized spacial score (nSPS) is 25.6. The Morgan fingerprint density at radius 1 is 1.36 bits per heavy atom. The van der Waals surface area contributed by atoms with Gasteiger partial charge in [-0.1, -0.05) is 19.1 Å². The molecule has 0 saturated heterocycles. The van der Waals surface area contributed by atoms with Crippen molar-refractivity contribution >= 4 is 5.69 Å². The van der Waals surface area contributed by atoms with E-state index in [0.29, 0.717) is 17.6 Å². The van der Waals surface area contributed by atoms with Crippen molar-refractivity contribution in [3.63, 3.8) is 0 Å². The summed E-state index contributed by atoms with van der Waals surface area (Å²) in [5.41, 5.74) is 1.67. The molecule has 1 aliphatic rings. The zero-order valence-electron chi connectivity index (χ0n) is 8.68. The Labute approximate surface area is 84.3 Å². The van der Waals surface area contributed by atoms with Crippen LogP contribution in [-0.4, -0.2) is 6.04 Å². The van der Waals surface area contributed by atoms with E-state index in [1.807, 2.05) is 13.0 Å². The third kappa shape index (κ3) is 1.61. The number of anilines is 1. The summed E-state index contributed by atoms with van der Waals surface area (Å²) in [7, 11) is 0. The van der Waals surface area contributed by atoms with Crippen molar-refractivity contribution in [1.82, 2.24) is 0 Å². The summed E-state index contributed by atoms with van der Waals surface area (Å²) < 4.78 is 13.4. The van der Waals surface area contributed by atoms with Crippen LogP contribution in [-0.2, 0) is 0 Å². The molecule has 0 radical (unpaired) electrons. The first-order valence-electron chi connectivity index (χ1n) is 5.20. The average Bonchev–Trinajstić information content (AvgIpc) is 2.15. The fraction of sp³-hybridized carbons (Fsp3) is 0.500. The topological polar surface area (TPSA) is 12.0 Å². The van der Waals surface area contributed by atoms with Crippen LogP contribution in [0.1, 0.15) is 25.3 Å². The van der Waals surface area contributed by atoms with Gasteiger partial charge in [-0.05, 0) is 37.3 Å². The van der Waals surface area contributed by atoms with Crippen LogP contribution in [0.25, 0.3) is 0 Å². The second kappa shape index (κ2) is 3.60. The van der Waals surface area contributed by atoms with E-state index in [2.05, 4.69) is 12.2 Å². The molecule has 0 amide bonds. The van der Waals surface area contributed by atoms with Gasteiger partial charge in [0.15, 0.2) is 0 Å². The zero-order valence-corrected chi connectivity index (χ0v) is 8.68. The van der Waals surface area contributed by atoms with Crippen LogP contribution in [0.5, 0.6) is 0 Å². The number of rotatable bonds is 2. The van der Waals surface area contributed by atoms with E-state index in [4.69, 9.17) is 0 Å². The highest BCUT2D eigenvalue weighted by atomic mass is 19.1. The van der Waals surface area contributed by atoms with E-state index in [9.17, 15) is 4.39 Å². The van der Waals surface area contributed by atoms with Gasteiger partial charge in [0.2, 0.25) is 0 Å². The molecule has 0 aliphatic heterocycles. The minimum atomic E-state index is -0.135. The van der Waals surface area contributed by atoms with E-state index in [-0.39, 0.29) is 5.82 Å². The first-order valence-corrected chi connectivity index (χ1v) is 5.20. The van der Waals surface area contributed by atoms with Crippen LogP contribution in [0.15, 0.2) is 18.2 Å². The maximum atomic E-state index is 13.4. The summed E-state index contributed by atoms with van der Waals surface area (Å²) in [5.74, 6) is 0.540. The van der Waals surface area contributed by atoms with Crippen LogP contribution in [0, 0.1) is 18.7 Å². The van der Waals surface area contributed by atoms with Crippen LogP contribution < -0.4 is 5.32 Å². The second-order valence-electron chi connectivity index (χ2n) is 4.24. The molecule has 1 saturated carbocycles. The number of benzene rings is 1. The van der Waals surface area contributed by atoms with Crippen molar-refractivity contribution in [2.75, 3.05) is 5.32 Å². The molecule has 2 rings (SSSR count). The Hall–Kier alpha value is -1.05. The number of para-hydroxylation sites is 1. The smallest absolute Gasteiger partial charge is 0.146 e. The molecule has 1 aromatic carbocycles. The Kier molecular flexibility index (Phi) is 2.44. The highest BCUT2D eigenvalue weighted by molar-refractivity contribution is 5.52. The summed E-state index contributed by atoms with van der Waals surface area (Å²) in [5, 5.41) is 3.29. The van der Waals surface area contributed by atoms with Crippen LogP contribution >= 0.6 is 0 Å². The molecule has 1 fully saturated rings. The first-order chi connectivity index (χ1) is 6.68. The van der Waals surface area contributed by atoms with Gasteiger partial charge in [0, 0.05) is 6.04 Å². The molecule has 0 spiro atoms. The number of aryl methyl sites for hydroxylation is 1. The third-order valence-corrected chi connectivity index (χ3v) is 3.17. The molecule has 1 aromatic rings. The van der Waals surface area contributed by atoms with E-state index in [1.54, 1.807) is 6.07 Å².